The van der Waals surface area contributed by atoms with Crippen LogP contribution in [0.25, 0.3) is 11.2 Å². The molecular weight excluding hydrogens is 559 g/mol. The summed E-state index contributed by atoms with van der Waals surface area (Å²) in [5.74, 6) is -1.63. The lowest BCUT2D eigenvalue weighted by molar-refractivity contribution is -0.173. The van der Waals surface area contributed by atoms with Crippen LogP contribution < -0.4 is 17.0 Å². The summed E-state index contributed by atoms with van der Waals surface area (Å²) in [6, 6.07) is -0.859. The van der Waals surface area contributed by atoms with Gasteiger partial charge in [-0.15, -0.1) is 0 Å². The van der Waals surface area contributed by atoms with Gasteiger partial charge in [-0.05, 0) is 18.8 Å². The topological polar surface area (TPSA) is 177 Å². The third-order valence-electron chi connectivity index (χ3n) is 8.18. The van der Waals surface area contributed by atoms with E-state index in [9.17, 15) is 18.8 Å². The Morgan fingerprint density at radius 1 is 1.12 bits per heavy atom. The average molecular weight is 609 g/mol. The Balaban J connectivity index is 1.53. The molecule has 5 N–H and O–H groups in total. The number of nitrogens with zero attached hydrogens (tertiary/aromatic N) is 3. The van der Waals surface area contributed by atoms with E-state index in [1.54, 1.807) is 0 Å². The van der Waals surface area contributed by atoms with Gasteiger partial charge in [0.05, 0.1) is 6.33 Å². The number of imidazole rings is 1. The van der Waals surface area contributed by atoms with Crippen molar-refractivity contribution in [1.82, 2.24) is 19.5 Å². The van der Waals surface area contributed by atoms with Crippen molar-refractivity contribution in [1.29, 1.82) is 0 Å². The van der Waals surface area contributed by atoms with E-state index in [1.165, 1.54) is 49.4 Å². The van der Waals surface area contributed by atoms with Crippen LogP contribution in [-0.2, 0) is 23.8 Å². The van der Waals surface area contributed by atoms with E-state index >= 15 is 0 Å². The molecule has 0 saturated carbocycles. The maximum atomic E-state index is 15.0. The number of anilines is 1. The third kappa shape index (κ3) is 9.99. The maximum absolute atomic E-state index is 15.0. The standard InChI is InChI=1S/C30H49FN6O6/c1-4-6-7-8-9-10-11-12-13-14-15-21(43-29(40)24(32)19(3)5-2)28(39)41-17-22-20(31)16-23(42-22)37-18-34-25-26(37)35-30(33)36-27(25)38/h18-24H,4-17,32H2,1-3H3,(H3,33,35,36,38)/t19-,20?,21?,22+,23+,24-/m0/s1. The van der Waals surface area contributed by atoms with Crippen LogP contribution in [0.4, 0.5) is 10.3 Å². The molecule has 0 aliphatic carbocycles. The third-order valence-corrected chi connectivity index (χ3v) is 8.18. The van der Waals surface area contributed by atoms with Gasteiger partial charge in [0, 0.05) is 6.42 Å². The molecule has 1 aliphatic heterocycles. The van der Waals surface area contributed by atoms with E-state index in [4.69, 9.17) is 25.7 Å². The number of esters is 2. The Morgan fingerprint density at radius 2 is 1.77 bits per heavy atom. The fourth-order valence-electron chi connectivity index (χ4n) is 5.17. The van der Waals surface area contributed by atoms with Crippen LogP contribution in [0.2, 0.25) is 0 Å². The molecule has 1 fully saturated rings. The van der Waals surface area contributed by atoms with Gasteiger partial charge in [0.2, 0.25) is 5.95 Å². The molecule has 2 unspecified atom stereocenters. The molecule has 242 valence electrons. The summed E-state index contributed by atoms with van der Waals surface area (Å²) in [5, 5.41) is 0. The van der Waals surface area contributed by atoms with E-state index in [2.05, 4.69) is 21.9 Å². The van der Waals surface area contributed by atoms with Crippen molar-refractivity contribution >= 4 is 29.1 Å². The number of hydrogen-bond donors (Lipinski definition) is 3. The summed E-state index contributed by atoms with van der Waals surface area (Å²) in [6.45, 7) is 5.60. The Kier molecular flexibility index (Phi) is 13.8. The number of carbonyl (C=O) groups excluding carboxylic acids is 2. The quantitative estimate of drug-likeness (QED) is 0.152. The number of rotatable bonds is 19. The Hall–Kier alpha value is -3.06. The van der Waals surface area contributed by atoms with Crippen molar-refractivity contribution < 1.29 is 28.2 Å². The number of aromatic amines is 1. The molecule has 0 spiro atoms. The molecule has 1 saturated heterocycles. The van der Waals surface area contributed by atoms with E-state index in [0.717, 1.165) is 19.3 Å². The Bertz CT molecular complexity index is 1220. The predicted octanol–water partition coefficient (Wildman–Crippen LogP) is 4.47. The fraction of sp³-hybridized carbons (Fsp3) is 0.767. The normalized spacial score (nSPS) is 20.6. The molecule has 2 aromatic rings. The number of halogens is 1. The minimum atomic E-state index is -1.46. The summed E-state index contributed by atoms with van der Waals surface area (Å²) in [5.41, 5.74) is 11.4. The minimum absolute atomic E-state index is 0.0512. The summed E-state index contributed by atoms with van der Waals surface area (Å²) >= 11 is 0. The van der Waals surface area contributed by atoms with Crippen molar-refractivity contribution in [3.05, 3.63) is 16.7 Å². The first-order valence-electron chi connectivity index (χ1n) is 15.8. The van der Waals surface area contributed by atoms with E-state index in [1.807, 2.05) is 13.8 Å². The highest BCUT2D eigenvalue weighted by Crippen LogP contribution is 2.32. The monoisotopic (exact) mass is 608 g/mol. The largest absolute Gasteiger partial charge is 0.460 e. The molecule has 3 rings (SSSR count). The highest BCUT2D eigenvalue weighted by atomic mass is 19.1. The molecule has 43 heavy (non-hydrogen) atoms. The molecule has 0 aromatic carbocycles. The van der Waals surface area contributed by atoms with Crippen LogP contribution in [0, 0.1) is 5.92 Å². The molecule has 2 aromatic heterocycles. The second-order valence-corrected chi connectivity index (χ2v) is 11.6. The van der Waals surface area contributed by atoms with Crippen LogP contribution in [0.5, 0.6) is 0 Å². The number of H-pyrrole nitrogens is 1. The zero-order chi connectivity index (χ0) is 31.4. The van der Waals surface area contributed by atoms with Crippen molar-refractivity contribution in [2.75, 3.05) is 12.3 Å². The second-order valence-electron chi connectivity index (χ2n) is 11.6. The molecule has 1 aliphatic rings. The summed E-state index contributed by atoms with van der Waals surface area (Å²) in [7, 11) is 0. The number of carbonyl (C=O) groups is 2. The van der Waals surface area contributed by atoms with Crippen molar-refractivity contribution in [2.45, 2.75) is 135 Å². The van der Waals surface area contributed by atoms with Gasteiger partial charge in [-0.2, -0.15) is 4.98 Å². The molecule has 6 atom stereocenters. The van der Waals surface area contributed by atoms with E-state index < -0.39 is 48.1 Å². The lowest BCUT2D eigenvalue weighted by atomic mass is 10.0. The van der Waals surface area contributed by atoms with Gasteiger partial charge in [-0.3, -0.25) is 19.1 Å². The minimum Gasteiger partial charge on any atom is -0.460 e. The van der Waals surface area contributed by atoms with Crippen molar-refractivity contribution in [2.24, 2.45) is 11.7 Å². The maximum Gasteiger partial charge on any atom is 0.347 e. The van der Waals surface area contributed by atoms with Gasteiger partial charge in [0.1, 0.15) is 31.2 Å². The number of hydrogen-bond acceptors (Lipinski definition) is 10. The van der Waals surface area contributed by atoms with Gasteiger partial charge < -0.3 is 25.7 Å². The number of nitrogens with one attached hydrogen (secondary N) is 1. The lowest BCUT2D eigenvalue weighted by Gasteiger charge is -2.22. The van der Waals surface area contributed by atoms with Gasteiger partial charge >= 0.3 is 11.9 Å². The summed E-state index contributed by atoms with van der Waals surface area (Å²) in [4.78, 5) is 48.3. The Morgan fingerprint density at radius 3 is 2.42 bits per heavy atom. The van der Waals surface area contributed by atoms with Crippen LogP contribution in [-0.4, -0.2) is 62.5 Å². The van der Waals surface area contributed by atoms with Gasteiger partial charge in [-0.25, -0.2) is 14.2 Å². The zero-order valence-corrected chi connectivity index (χ0v) is 25.8. The number of aromatic nitrogens is 4. The lowest BCUT2D eigenvalue weighted by Crippen LogP contribution is -2.42. The van der Waals surface area contributed by atoms with Gasteiger partial charge in [-0.1, -0.05) is 85.0 Å². The highest BCUT2D eigenvalue weighted by Gasteiger charge is 2.39. The van der Waals surface area contributed by atoms with Gasteiger partial charge in [0.15, 0.2) is 17.3 Å². The molecule has 3 heterocycles. The smallest absolute Gasteiger partial charge is 0.347 e. The fourth-order valence-corrected chi connectivity index (χ4v) is 5.17. The molecule has 0 radical (unpaired) electrons. The number of alkyl halides is 1. The van der Waals surface area contributed by atoms with Crippen molar-refractivity contribution in [3.63, 3.8) is 0 Å². The van der Waals surface area contributed by atoms with Gasteiger partial charge in [0.25, 0.3) is 5.56 Å². The predicted molar refractivity (Wildman–Crippen MR) is 161 cm³/mol. The number of nitrogen functional groups attached to an aromatic ring is 1. The second kappa shape index (κ2) is 17.3. The molecular formula is C30H49FN6O6. The molecule has 0 amide bonds. The van der Waals surface area contributed by atoms with Crippen LogP contribution in [0.3, 0.4) is 0 Å². The highest BCUT2D eigenvalue weighted by molar-refractivity contribution is 5.82. The number of fused-ring (bicyclic) bond motifs is 1. The molecule has 13 heteroatoms. The number of nitrogens with two attached hydrogens (primary N) is 2. The summed E-state index contributed by atoms with van der Waals surface area (Å²) in [6.07, 6.45) is 8.99. The zero-order valence-electron chi connectivity index (χ0n) is 25.8. The van der Waals surface area contributed by atoms with Crippen LogP contribution >= 0.6 is 0 Å². The van der Waals surface area contributed by atoms with Crippen LogP contribution in [0.15, 0.2) is 11.1 Å². The summed E-state index contributed by atoms with van der Waals surface area (Å²) < 4.78 is 33.2. The van der Waals surface area contributed by atoms with Crippen molar-refractivity contribution in [3.8, 4) is 0 Å². The first-order chi connectivity index (χ1) is 20.7. The first kappa shape index (κ1) is 34.4. The van der Waals surface area contributed by atoms with Crippen LogP contribution in [0.1, 0.15) is 110 Å². The Labute approximate surface area is 252 Å². The average Bonchev–Trinajstić information content (AvgIpc) is 3.58. The first-order valence-corrected chi connectivity index (χ1v) is 15.8. The number of unbranched alkanes of at least 4 members (excludes halogenated alkanes) is 9. The van der Waals surface area contributed by atoms with E-state index in [-0.39, 0.29) is 36.1 Å². The number of ether oxygens (including phenoxy) is 3. The molecule has 0 bridgehead atoms. The van der Waals surface area contributed by atoms with E-state index in [0.29, 0.717) is 19.3 Å². The SMILES string of the molecule is CCCCCCCCCCCCC(OC(=O)[C@@H](N)[C@@H](C)CC)C(=O)OC[C@H]1O[C@@H](n2cnc3c(=O)[nH]c(N)nc32)CC1F. The molecule has 12 nitrogen and oxygen atoms in total.